The SMILES string of the molecule is CCOc1ccc2cc(S(=O)(=O)N(Cc3ccccc3)Cc3ccccc3)ccc2c1. The van der Waals surface area contributed by atoms with E-state index >= 15 is 0 Å². The normalized spacial score (nSPS) is 11.7. The van der Waals surface area contributed by atoms with Crippen molar-refractivity contribution in [3.63, 3.8) is 0 Å². The minimum Gasteiger partial charge on any atom is -0.494 e. The molecule has 0 fully saturated rings. The first-order valence-corrected chi connectivity index (χ1v) is 11.7. The molecule has 4 nitrogen and oxygen atoms in total. The third-order valence-corrected chi connectivity index (χ3v) is 6.92. The van der Waals surface area contributed by atoms with Gasteiger partial charge in [0.1, 0.15) is 5.75 Å². The molecule has 0 amide bonds. The van der Waals surface area contributed by atoms with E-state index in [1.54, 1.807) is 12.1 Å². The van der Waals surface area contributed by atoms with Gasteiger partial charge in [0.2, 0.25) is 10.0 Å². The van der Waals surface area contributed by atoms with Crippen LogP contribution in [-0.4, -0.2) is 19.3 Å². The van der Waals surface area contributed by atoms with Crippen LogP contribution in [0.4, 0.5) is 0 Å². The number of hydrogen-bond donors (Lipinski definition) is 0. The Labute approximate surface area is 183 Å². The average molecular weight is 432 g/mol. The maximum absolute atomic E-state index is 13.7. The summed E-state index contributed by atoms with van der Waals surface area (Å²) in [6.45, 7) is 3.14. The van der Waals surface area contributed by atoms with E-state index in [9.17, 15) is 8.42 Å². The van der Waals surface area contributed by atoms with Gasteiger partial charge in [-0.3, -0.25) is 0 Å². The topological polar surface area (TPSA) is 46.6 Å². The lowest BCUT2D eigenvalue weighted by Gasteiger charge is -2.23. The molecule has 0 spiro atoms. The van der Waals surface area contributed by atoms with Gasteiger partial charge in [-0.15, -0.1) is 0 Å². The molecule has 5 heteroatoms. The van der Waals surface area contributed by atoms with Crippen LogP contribution in [0.3, 0.4) is 0 Å². The Bertz CT molecular complexity index is 1210. The van der Waals surface area contributed by atoms with Crippen LogP contribution in [0.5, 0.6) is 5.75 Å². The van der Waals surface area contributed by atoms with Crippen LogP contribution in [0.25, 0.3) is 10.8 Å². The van der Waals surface area contributed by atoms with E-state index in [0.717, 1.165) is 27.6 Å². The quantitative estimate of drug-likeness (QED) is 0.363. The molecule has 0 N–H and O–H groups in total. The van der Waals surface area contributed by atoms with E-state index in [4.69, 9.17) is 4.74 Å². The maximum Gasteiger partial charge on any atom is 0.243 e. The van der Waals surface area contributed by atoms with Crippen molar-refractivity contribution >= 4 is 20.8 Å². The van der Waals surface area contributed by atoms with Crippen LogP contribution < -0.4 is 4.74 Å². The number of fused-ring (bicyclic) bond motifs is 1. The predicted molar refractivity (Wildman–Crippen MR) is 124 cm³/mol. The molecule has 0 radical (unpaired) electrons. The van der Waals surface area contributed by atoms with Gasteiger partial charge in [0.15, 0.2) is 0 Å². The zero-order valence-electron chi connectivity index (χ0n) is 17.4. The number of hydrogen-bond acceptors (Lipinski definition) is 3. The Hall–Kier alpha value is -3.15. The second kappa shape index (κ2) is 9.33. The average Bonchev–Trinajstić information content (AvgIpc) is 2.80. The summed E-state index contributed by atoms with van der Waals surface area (Å²) in [6, 6.07) is 30.3. The van der Waals surface area contributed by atoms with E-state index < -0.39 is 10.0 Å². The van der Waals surface area contributed by atoms with Gasteiger partial charge in [-0.25, -0.2) is 8.42 Å². The molecule has 0 aliphatic heterocycles. The molecule has 158 valence electrons. The Kier molecular flexibility index (Phi) is 6.35. The van der Waals surface area contributed by atoms with Crippen molar-refractivity contribution in [3.05, 3.63) is 108 Å². The Morgan fingerprint density at radius 1 is 0.710 bits per heavy atom. The fourth-order valence-corrected chi connectivity index (χ4v) is 5.02. The third-order valence-electron chi connectivity index (χ3n) is 5.14. The van der Waals surface area contributed by atoms with Crippen molar-refractivity contribution in [2.24, 2.45) is 0 Å². The van der Waals surface area contributed by atoms with Gasteiger partial charge >= 0.3 is 0 Å². The molecule has 0 unspecified atom stereocenters. The number of ether oxygens (including phenoxy) is 1. The van der Waals surface area contributed by atoms with Gasteiger partial charge in [0.05, 0.1) is 11.5 Å². The maximum atomic E-state index is 13.7. The van der Waals surface area contributed by atoms with Crippen LogP contribution in [0.2, 0.25) is 0 Å². The molecule has 4 rings (SSSR count). The molecule has 0 saturated heterocycles. The van der Waals surface area contributed by atoms with Crippen LogP contribution in [-0.2, 0) is 23.1 Å². The summed E-state index contributed by atoms with van der Waals surface area (Å²) in [5.74, 6) is 0.778. The second-order valence-electron chi connectivity index (χ2n) is 7.35. The molecule has 0 aliphatic carbocycles. The highest BCUT2D eigenvalue weighted by atomic mass is 32.2. The van der Waals surface area contributed by atoms with Gasteiger partial charge < -0.3 is 4.74 Å². The molecule has 0 aromatic heterocycles. The van der Waals surface area contributed by atoms with Gasteiger partial charge in [0, 0.05) is 13.1 Å². The lowest BCUT2D eigenvalue weighted by molar-refractivity contribution is 0.341. The molecule has 31 heavy (non-hydrogen) atoms. The zero-order chi connectivity index (χ0) is 21.7. The summed E-state index contributed by atoms with van der Waals surface area (Å²) >= 11 is 0. The fraction of sp³-hybridized carbons (Fsp3) is 0.154. The Balaban J connectivity index is 1.71. The zero-order valence-corrected chi connectivity index (χ0v) is 18.3. The minimum atomic E-state index is -3.71. The largest absolute Gasteiger partial charge is 0.494 e. The van der Waals surface area contributed by atoms with Crippen LogP contribution in [0.1, 0.15) is 18.1 Å². The molecular weight excluding hydrogens is 406 g/mol. The van der Waals surface area contributed by atoms with Crippen molar-refractivity contribution in [3.8, 4) is 5.75 Å². The molecule has 4 aromatic carbocycles. The van der Waals surface area contributed by atoms with Crippen LogP contribution in [0, 0.1) is 0 Å². The summed E-state index contributed by atoms with van der Waals surface area (Å²) in [5.41, 5.74) is 1.90. The van der Waals surface area contributed by atoms with E-state index in [0.29, 0.717) is 19.7 Å². The number of nitrogens with zero attached hydrogens (tertiary/aromatic N) is 1. The van der Waals surface area contributed by atoms with Crippen molar-refractivity contribution in [1.82, 2.24) is 4.31 Å². The third kappa shape index (κ3) is 4.95. The highest BCUT2D eigenvalue weighted by Gasteiger charge is 2.25. The smallest absolute Gasteiger partial charge is 0.243 e. The van der Waals surface area contributed by atoms with Crippen LogP contribution >= 0.6 is 0 Å². The lowest BCUT2D eigenvalue weighted by atomic mass is 10.1. The lowest BCUT2D eigenvalue weighted by Crippen LogP contribution is -2.30. The summed E-state index contributed by atoms with van der Waals surface area (Å²) < 4.78 is 34.4. The molecule has 0 saturated carbocycles. The predicted octanol–water partition coefficient (Wildman–Crippen LogP) is 5.63. The van der Waals surface area contributed by atoms with Gasteiger partial charge in [-0.1, -0.05) is 72.8 Å². The molecule has 4 aromatic rings. The summed E-state index contributed by atoms with van der Waals surface area (Å²) in [5, 5.41) is 1.81. The molecule has 0 aliphatic rings. The second-order valence-corrected chi connectivity index (χ2v) is 9.29. The van der Waals surface area contributed by atoms with E-state index in [-0.39, 0.29) is 4.90 Å². The Morgan fingerprint density at radius 3 is 1.84 bits per heavy atom. The van der Waals surface area contributed by atoms with Crippen molar-refractivity contribution < 1.29 is 13.2 Å². The van der Waals surface area contributed by atoms with Crippen molar-refractivity contribution in [2.75, 3.05) is 6.61 Å². The fourth-order valence-electron chi connectivity index (χ4n) is 3.57. The first-order valence-electron chi connectivity index (χ1n) is 10.3. The first kappa shape index (κ1) is 21.1. The minimum absolute atomic E-state index is 0.288. The van der Waals surface area contributed by atoms with Crippen LogP contribution in [0.15, 0.2) is 102 Å². The van der Waals surface area contributed by atoms with E-state index in [1.807, 2.05) is 91.9 Å². The molecule has 0 bridgehead atoms. The number of benzene rings is 4. The highest BCUT2D eigenvalue weighted by Crippen LogP contribution is 2.27. The van der Waals surface area contributed by atoms with Crippen molar-refractivity contribution in [1.29, 1.82) is 0 Å². The van der Waals surface area contributed by atoms with Gasteiger partial charge in [0.25, 0.3) is 0 Å². The van der Waals surface area contributed by atoms with Gasteiger partial charge in [-0.05, 0) is 53.1 Å². The summed E-state index contributed by atoms with van der Waals surface area (Å²) in [4.78, 5) is 0.288. The first-order chi connectivity index (χ1) is 15.1. The number of rotatable bonds is 8. The standard InChI is InChI=1S/C26H25NO3S/c1-2-30-25-15-13-24-18-26(16-14-23(24)17-25)31(28,29)27(19-21-9-5-3-6-10-21)20-22-11-7-4-8-12-22/h3-18H,2,19-20H2,1H3. The Morgan fingerprint density at radius 2 is 1.26 bits per heavy atom. The van der Waals surface area contributed by atoms with Crippen molar-refractivity contribution in [2.45, 2.75) is 24.9 Å². The highest BCUT2D eigenvalue weighted by molar-refractivity contribution is 7.89. The van der Waals surface area contributed by atoms with E-state index in [1.165, 1.54) is 4.31 Å². The van der Waals surface area contributed by atoms with Gasteiger partial charge in [-0.2, -0.15) is 4.31 Å². The summed E-state index contributed by atoms with van der Waals surface area (Å²) in [7, 11) is -3.71. The summed E-state index contributed by atoms with van der Waals surface area (Å²) in [6.07, 6.45) is 0. The molecule has 0 heterocycles. The number of sulfonamides is 1. The molecule has 0 atom stereocenters. The monoisotopic (exact) mass is 431 g/mol. The van der Waals surface area contributed by atoms with E-state index in [2.05, 4.69) is 0 Å². The molecular formula is C26H25NO3S.